The van der Waals surface area contributed by atoms with Gasteiger partial charge in [0.15, 0.2) is 5.11 Å². The van der Waals surface area contributed by atoms with E-state index in [4.69, 9.17) is 12.2 Å². The second kappa shape index (κ2) is 9.51. The first kappa shape index (κ1) is 19.4. The number of nitrogens with one attached hydrogen (secondary N) is 2. The van der Waals surface area contributed by atoms with E-state index in [-0.39, 0.29) is 5.91 Å². The molecule has 2 aromatic carbocycles. The zero-order valence-corrected chi connectivity index (χ0v) is 16.6. The number of thiocarbonyl (C=S) groups is 1. The Labute approximate surface area is 167 Å². The van der Waals surface area contributed by atoms with Crippen molar-refractivity contribution in [3.63, 3.8) is 0 Å². The van der Waals surface area contributed by atoms with Crippen LogP contribution >= 0.6 is 12.2 Å². The molecule has 0 aliphatic carbocycles. The lowest BCUT2D eigenvalue weighted by Gasteiger charge is -2.19. The largest absolute Gasteiger partial charge is 0.362 e. The van der Waals surface area contributed by atoms with Gasteiger partial charge < -0.3 is 15.5 Å². The molecule has 0 unspecified atom stereocenters. The van der Waals surface area contributed by atoms with Crippen LogP contribution in [0.15, 0.2) is 54.6 Å². The molecule has 1 atom stereocenters. The molecule has 1 saturated heterocycles. The van der Waals surface area contributed by atoms with E-state index in [1.807, 2.05) is 35.2 Å². The smallest absolute Gasteiger partial charge is 0.227 e. The maximum atomic E-state index is 11.8. The van der Waals surface area contributed by atoms with Gasteiger partial charge in [0.05, 0.1) is 0 Å². The first-order valence-electron chi connectivity index (χ1n) is 9.65. The molecule has 1 fully saturated rings. The maximum absolute atomic E-state index is 11.8. The molecular formula is C22H27N3OS. The standard InChI is InChI=1S/C22H27N3OS/c1-2-17(15-18-7-4-3-5-8-18)16-23-22(27)24-19-10-12-20(13-11-19)25-14-6-9-21(25)26/h3-5,7-8,10-13,17H,2,6,9,14-16H2,1H3,(H2,23,24,27)/t17-/m1/s1. The predicted molar refractivity (Wildman–Crippen MR) is 116 cm³/mol. The Morgan fingerprint density at radius 2 is 1.89 bits per heavy atom. The predicted octanol–water partition coefficient (Wildman–Crippen LogP) is 4.37. The number of carbonyl (C=O) groups is 1. The number of rotatable bonds is 7. The molecule has 2 aromatic rings. The van der Waals surface area contributed by atoms with Gasteiger partial charge in [0.25, 0.3) is 0 Å². The topological polar surface area (TPSA) is 44.4 Å². The maximum Gasteiger partial charge on any atom is 0.227 e. The summed E-state index contributed by atoms with van der Waals surface area (Å²) in [6.07, 6.45) is 3.73. The summed E-state index contributed by atoms with van der Waals surface area (Å²) in [5, 5.41) is 7.20. The van der Waals surface area contributed by atoms with Gasteiger partial charge in [-0.25, -0.2) is 0 Å². The Kier molecular flexibility index (Phi) is 6.82. The Bertz CT molecular complexity index is 761. The van der Waals surface area contributed by atoms with Gasteiger partial charge in [-0.3, -0.25) is 4.79 Å². The fraction of sp³-hybridized carbons (Fsp3) is 0.364. The van der Waals surface area contributed by atoms with Crippen LogP contribution in [0, 0.1) is 5.92 Å². The molecule has 0 aromatic heterocycles. The van der Waals surface area contributed by atoms with Crippen LogP contribution in [0.4, 0.5) is 11.4 Å². The minimum Gasteiger partial charge on any atom is -0.362 e. The number of nitrogens with zero attached hydrogens (tertiary/aromatic N) is 1. The van der Waals surface area contributed by atoms with Crippen LogP contribution in [0.3, 0.4) is 0 Å². The van der Waals surface area contributed by atoms with Crippen molar-refractivity contribution >= 4 is 34.6 Å². The van der Waals surface area contributed by atoms with Crippen LogP contribution in [0.1, 0.15) is 31.7 Å². The lowest BCUT2D eigenvalue weighted by atomic mass is 9.97. The van der Waals surface area contributed by atoms with Gasteiger partial charge in [-0.05, 0) is 60.8 Å². The number of benzene rings is 2. The molecule has 1 aliphatic rings. The number of anilines is 2. The Balaban J connectivity index is 1.47. The van der Waals surface area contributed by atoms with Gasteiger partial charge in [0.2, 0.25) is 5.91 Å². The van der Waals surface area contributed by atoms with Crippen molar-refractivity contribution in [2.75, 3.05) is 23.3 Å². The van der Waals surface area contributed by atoms with Gasteiger partial charge >= 0.3 is 0 Å². The molecule has 1 amide bonds. The van der Waals surface area contributed by atoms with Gasteiger partial charge in [0, 0.05) is 30.9 Å². The van der Waals surface area contributed by atoms with Crippen molar-refractivity contribution in [1.82, 2.24) is 5.32 Å². The third-order valence-electron chi connectivity index (χ3n) is 5.01. The van der Waals surface area contributed by atoms with Gasteiger partial charge in [-0.15, -0.1) is 0 Å². The minimum absolute atomic E-state index is 0.205. The zero-order valence-electron chi connectivity index (χ0n) is 15.8. The first-order valence-corrected chi connectivity index (χ1v) is 10.1. The second-order valence-electron chi connectivity index (χ2n) is 6.99. The summed E-state index contributed by atoms with van der Waals surface area (Å²) >= 11 is 5.44. The summed E-state index contributed by atoms with van der Waals surface area (Å²) in [5.74, 6) is 0.743. The molecule has 0 spiro atoms. The molecule has 4 nitrogen and oxygen atoms in total. The Hall–Kier alpha value is -2.40. The van der Waals surface area contributed by atoms with Crippen LogP contribution in [-0.4, -0.2) is 24.1 Å². The molecule has 142 valence electrons. The van der Waals surface area contributed by atoms with E-state index in [1.165, 1.54) is 5.56 Å². The van der Waals surface area contributed by atoms with Gasteiger partial charge in [0.1, 0.15) is 0 Å². The highest BCUT2D eigenvalue weighted by Gasteiger charge is 2.21. The number of hydrogen-bond acceptors (Lipinski definition) is 2. The molecule has 3 rings (SSSR count). The van der Waals surface area contributed by atoms with E-state index in [1.54, 1.807) is 0 Å². The fourth-order valence-corrected chi connectivity index (χ4v) is 3.57. The molecule has 0 radical (unpaired) electrons. The number of hydrogen-bond donors (Lipinski definition) is 2. The van der Waals surface area contributed by atoms with Crippen molar-refractivity contribution in [3.8, 4) is 0 Å². The lowest BCUT2D eigenvalue weighted by molar-refractivity contribution is -0.117. The average Bonchev–Trinajstić information content (AvgIpc) is 3.12. The molecular weight excluding hydrogens is 354 g/mol. The third-order valence-corrected chi connectivity index (χ3v) is 5.25. The highest BCUT2D eigenvalue weighted by atomic mass is 32.1. The second-order valence-corrected chi connectivity index (χ2v) is 7.40. The van der Waals surface area contributed by atoms with E-state index in [0.717, 1.165) is 43.7 Å². The third kappa shape index (κ3) is 5.54. The summed E-state index contributed by atoms with van der Waals surface area (Å²) in [6.45, 7) is 3.87. The van der Waals surface area contributed by atoms with E-state index < -0.39 is 0 Å². The monoisotopic (exact) mass is 381 g/mol. The molecule has 0 saturated carbocycles. The van der Waals surface area contributed by atoms with Gasteiger partial charge in [-0.1, -0.05) is 43.7 Å². The van der Waals surface area contributed by atoms with Crippen molar-refractivity contribution in [2.45, 2.75) is 32.6 Å². The number of amides is 1. The molecule has 0 bridgehead atoms. The van der Waals surface area contributed by atoms with Crippen molar-refractivity contribution in [2.24, 2.45) is 5.92 Å². The summed E-state index contributed by atoms with van der Waals surface area (Å²) in [4.78, 5) is 13.7. The summed E-state index contributed by atoms with van der Waals surface area (Å²) < 4.78 is 0. The quantitative estimate of drug-likeness (QED) is 0.699. The van der Waals surface area contributed by atoms with Crippen molar-refractivity contribution in [1.29, 1.82) is 0 Å². The lowest BCUT2D eigenvalue weighted by Crippen LogP contribution is -2.33. The molecule has 1 aliphatic heterocycles. The van der Waals surface area contributed by atoms with Crippen molar-refractivity contribution < 1.29 is 4.79 Å². The summed E-state index contributed by atoms with van der Waals surface area (Å²) in [6, 6.07) is 18.4. The normalized spacial score (nSPS) is 14.9. The van der Waals surface area contributed by atoms with Crippen LogP contribution in [0.2, 0.25) is 0 Å². The van der Waals surface area contributed by atoms with Crippen LogP contribution < -0.4 is 15.5 Å². The summed E-state index contributed by atoms with van der Waals surface area (Å²) in [5.41, 5.74) is 3.24. The fourth-order valence-electron chi connectivity index (χ4n) is 3.37. The van der Waals surface area contributed by atoms with E-state index in [2.05, 4.69) is 41.8 Å². The zero-order chi connectivity index (χ0) is 19.1. The number of carbonyl (C=O) groups excluding carboxylic acids is 1. The summed E-state index contributed by atoms with van der Waals surface area (Å²) in [7, 11) is 0. The highest BCUT2D eigenvalue weighted by Crippen LogP contribution is 2.23. The molecule has 2 N–H and O–H groups in total. The van der Waals surface area contributed by atoms with Crippen LogP contribution in [0.25, 0.3) is 0 Å². The molecule has 5 heteroatoms. The highest BCUT2D eigenvalue weighted by molar-refractivity contribution is 7.80. The van der Waals surface area contributed by atoms with E-state index in [0.29, 0.717) is 17.5 Å². The van der Waals surface area contributed by atoms with Gasteiger partial charge in [-0.2, -0.15) is 0 Å². The molecule has 1 heterocycles. The minimum atomic E-state index is 0.205. The SMILES string of the molecule is CC[C@@H](CNC(=S)Nc1ccc(N2CCCC2=O)cc1)Cc1ccccc1. The van der Waals surface area contributed by atoms with E-state index >= 15 is 0 Å². The Morgan fingerprint density at radius 1 is 1.15 bits per heavy atom. The average molecular weight is 382 g/mol. The molecule has 27 heavy (non-hydrogen) atoms. The van der Waals surface area contributed by atoms with E-state index in [9.17, 15) is 4.79 Å². The van der Waals surface area contributed by atoms with Crippen molar-refractivity contribution in [3.05, 3.63) is 60.2 Å². The Morgan fingerprint density at radius 3 is 2.52 bits per heavy atom. The van der Waals surface area contributed by atoms with Crippen LogP contribution in [0.5, 0.6) is 0 Å². The van der Waals surface area contributed by atoms with Crippen LogP contribution in [-0.2, 0) is 11.2 Å². The first-order chi connectivity index (χ1) is 13.2.